The molecule has 8 heteroatoms. The van der Waals surface area contributed by atoms with E-state index in [1.165, 1.54) is 6.26 Å². The fourth-order valence-electron chi connectivity index (χ4n) is 2.27. The first-order valence-corrected chi connectivity index (χ1v) is 6.21. The number of amides is 3. The lowest BCUT2D eigenvalue weighted by Crippen LogP contribution is -2.57. The summed E-state index contributed by atoms with van der Waals surface area (Å²) in [5.41, 5.74) is 2.57. The van der Waals surface area contributed by atoms with E-state index in [-0.39, 0.29) is 30.7 Å². The van der Waals surface area contributed by atoms with Crippen molar-refractivity contribution >= 4 is 17.7 Å². The van der Waals surface area contributed by atoms with E-state index in [2.05, 4.69) is 5.32 Å². The Hall–Kier alpha value is -2.19. The maximum atomic E-state index is 11.8. The molecule has 0 bridgehead atoms. The lowest BCUT2D eigenvalue weighted by molar-refractivity contribution is -0.140. The van der Waals surface area contributed by atoms with Crippen LogP contribution in [0.3, 0.4) is 0 Å². The summed E-state index contributed by atoms with van der Waals surface area (Å²) in [6.45, 7) is 2.21. The number of nitrogens with zero attached hydrogens (tertiary/aromatic N) is 1. The zero-order valence-electron chi connectivity index (χ0n) is 11.0. The molecule has 1 aromatic rings. The van der Waals surface area contributed by atoms with Gasteiger partial charge in [0.1, 0.15) is 0 Å². The third-order valence-electron chi connectivity index (χ3n) is 3.20. The van der Waals surface area contributed by atoms with Gasteiger partial charge in [-0.15, -0.1) is 0 Å². The highest BCUT2D eigenvalue weighted by Crippen LogP contribution is 2.17. The molecule has 2 rings (SSSR count). The smallest absolute Gasteiger partial charge is 0.301 e. The van der Waals surface area contributed by atoms with Gasteiger partial charge in [-0.2, -0.15) is 0 Å². The minimum atomic E-state index is -0.550. The number of carbonyl (C=O) groups is 3. The van der Waals surface area contributed by atoms with E-state index >= 15 is 0 Å². The van der Waals surface area contributed by atoms with E-state index in [1.54, 1.807) is 11.0 Å². The van der Waals surface area contributed by atoms with Gasteiger partial charge in [0.15, 0.2) is 5.76 Å². The SMILES string of the molecule is CCC1C(=O)NC(=O)CN1Cc1ccoc1C(=O)NN. The molecule has 0 spiro atoms. The average Bonchev–Trinajstić information content (AvgIpc) is 2.85. The molecular formula is C12H16N4O4. The molecule has 0 radical (unpaired) electrons. The molecule has 1 aliphatic heterocycles. The molecule has 1 unspecified atom stereocenters. The Balaban J connectivity index is 2.19. The Kier molecular flexibility index (Phi) is 4.16. The quantitative estimate of drug-likeness (QED) is 0.285. The normalized spacial score (nSPS) is 19.8. The van der Waals surface area contributed by atoms with Gasteiger partial charge in [0.25, 0.3) is 0 Å². The molecule has 0 saturated carbocycles. The fraction of sp³-hybridized carbons (Fsp3) is 0.417. The summed E-state index contributed by atoms with van der Waals surface area (Å²) in [4.78, 5) is 36.4. The highest BCUT2D eigenvalue weighted by Gasteiger charge is 2.33. The van der Waals surface area contributed by atoms with E-state index in [9.17, 15) is 14.4 Å². The predicted molar refractivity (Wildman–Crippen MR) is 68.0 cm³/mol. The van der Waals surface area contributed by atoms with Crippen molar-refractivity contribution < 1.29 is 18.8 Å². The van der Waals surface area contributed by atoms with Gasteiger partial charge in [-0.3, -0.25) is 30.0 Å². The number of hydrazine groups is 1. The average molecular weight is 280 g/mol. The van der Waals surface area contributed by atoms with Gasteiger partial charge in [0.05, 0.1) is 18.8 Å². The van der Waals surface area contributed by atoms with Crippen LogP contribution in [0.1, 0.15) is 29.5 Å². The number of nitrogens with two attached hydrogens (primary N) is 1. The summed E-state index contributed by atoms with van der Waals surface area (Å²) in [6.07, 6.45) is 1.93. The number of imide groups is 1. The first-order chi connectivity index (χ1) is 9.56. The number of carbonyl (C=O) groups excluding carboxylic acids is 3. The van der Waals surface area contributed by atoms with Crippen molar-refractivity contribution in [3.63, 3.8) is 0 Å². The first kappa shape index (κ1) is 14.2. The summed E-state index contributed by atoms with van der Waals surface area (Å²) in [6, 6.07) is 1.21. The van der Waals surface area contributed by atoms with Crippen LogP contribution in [0.15, 0.2) is 16.7 Å². The Bertz CT molecular complexity index is 539. The van der Waals surface area contributed by atoms with Crippen molar-refractivity contribution in [1.82, 2.24) is 15.6 Å². The molecule has 2 heterocycles. The van der Waals surface area contributed by atoms with Crippen LogP contribution in [0.5, 0.6) is 0 Å². The number of rotatable bonds is 4. The van der Waals surface area contributed by atoms with Gasteiger partial charge in [-0.1, -0.05) is 6.92 Å². The van der Waals surface area contributed by atoms with Crippen LogP contribution >= 0.6 is 0 Å². The highest BCUT2D eigenvalue weighted by atomic mass is 16.3. The Labute approximate surface area is 115 Å². The molecule has 1 aliphatic rings. The Morgan fingerprint density at radius 3 is 3.00 bits per heavy atom. The van der Waals surface area contributed by atoms with E-state index < -0.39 is 11.9 Å². The molecule has 4 N–H and O–H groups in total. The number of furan rings is 1. The summed E-state index contributed by atoms with van der Waals surface area (Å²) >= 11 is 0. The Morgan fingerprint density at radius 2 is 2.35 bits per heavy atom. The van der Waals surface area contributed by atoms with E-state index in [4.69, 9.17) is 10.3 Å². The van der Waals surface area contributed by atoms with Crippen LogP contribution in [0.25, 0.3) is 0 Å². The lowest BCUT2D eigenvalue weighted by atomic mass is 10.1. The minimum Gasteiger partial charge on any atom is -0.459 e. The molecule has 0 aromatic carbocycles. The second kappa shape index (κ2) is 5.85. The molecule has 20 heavy (non-hydrogen) atoms. The minimum absolute atomic E-state index is 0.0841. The van der Waals surface area contributed by atoms with Gasteiger partial charge < -0.3 is 4.42 Å². The predicted octanol–water partition coefficient (Wildman–Crippen LogP) is -0.880. The number of piperazine rings is 1. The molecule has 8 nitrogen and oxygen atoms in total. The van der Waals surface area contributed by atoms with Crippen molar-refractivity contribution in [3.05, 3.63) is 23.7 Å². The lowest BCUT2D eigenvalue weighted by Gasteiger charge is -2.33. The highest BCUT2D eigenvalue weighted by molar-refractivity contribution is 6.01. The van der Waals surface area contributed by atoms with Crippen LogP contribution in [-0.4, -0.2) is 35.2 Å². The van der Waals surface area contributed by atoms with Crippen LogP contribution in [0.2, 0.25) is 0 Å². The molecule has 1 fully saturated rings. The second-order valence-corrected chi connectivity index (χ2v) is 4.49. The van der Waals surface area contributed by atoms with Gasteiger partial charge in [-0.05, 0) is 12.5 Å². The van der Waals surface area contributed by atoms with Gasteiger partial charge in [0, 0.05) is 12.1 Å². The molecule has 108 valence electrons. The van der Waals surface area contributed by atoms with Crippen LogP contribution in [0.4, 0.5) is 0 Å². The van der Waals surface area contributed by atoms with E-state index in [0.29, 0.717) is 12.0 Å². The van der Waals surface area contributed by atoms with Crippen molar-refractivity contribution in [2.75, 3.05) is 6.54 Å². The van der Waals surface area contributed by atoms with Crippen LogP contribution < -0.4 is 16.6 Å². The largest absolute Gasteiger partial charge is 0.459 e. The van der Waals surface area contributed by atoms with E-state index in [0.717, 1.165) is 0 Å². The molecule has 3 amide bonds. The van der Waals surface area contributed by atoms with Gasteiger partial charge >= 0.3 is 5.91 Å². The number of nitrogen functional groups attached to an aromatic ring is 1. The second-order valence-electron chi connectivity index (χ2n) is 4.49. The monoisotopic (exact) mass is 280 g/mol. The van der Waals surface area contributed by atoms with Crippen molar-refractivity contribution in [1.29, 1.82) is 0 Å². The third-order valence-corrected chi connectivity index (χ3v) is 3.20. The first-order valence-electron chi connectivity index (χ1n) is 6.21. The number of hydrogen-bond donors (Lipinski definition) is 3. The van der Waals surface area contributed by atoms with Crippen molar-refractivity contribution in [2.45, 2.75) is 25.9 Å². The number of nitrogens with one attached hydrogen (secondary N) is 2. The Morgan fingerprint density at radius 1 is 1.60 bits per heavy atom. The zero-order chi connectivity index (χ0) is 14.7. The maximum absolute atomic E-state index is 11.8. The van der Waals surface area contributed by atoms with Gasteiger partial charge in [-0.25, -0.2) is 5.84 Å². The molecule has 1 atom stereocenters. The standard InChI is InChI=1S/C12H16N4O4/c1-2-8-11(18)14-9(17)6-16(8)5-7-3-4-20-10(7)12(19)15-13/h3-4,8H,2,5-6,13H2,1H3,(H,15,19)(H,14,17,18). The van der Waals surface area contributed by atoms with Crippen LogP contribution in [0, 0.1) is 0 Å². The topological polar surface area (TPSA) is 118 Å². The van der Waals surface area contributed by atoms with Gasteiger partial charge in [0.2, 0.25) is 11.8 Å². The summed E-state index contributed by atoms with van der Waals surface area (Å²) < 4.78 is 5.08. The third kappa shape index (κ3) is 2.70. The molecule has 1 saturated heterocycles. The fourth-order valence-corrected chi connectivity index (χ4v) is 2.27. The summed E-state index contributed by atoms with van der Waals surface area (Å²) in [5.74, 6) is 3.93. The molecular weight excluding hydrogens is 264 g/mol. The van der Waals surface area contributed by atoms with Crippen molar-refractivity contribution in [3.8, 4) is 0 Å². The molecule has 1 aromatic heterocycles. The van der Waals surface area contributed by atoms with Crippen LogP contribution in [-0.2, 0) is 16.1 Å². The molecule has 0 aliphatic carbocycles. The van der Waals surface area contributed by atoms with Crippen molar-refractivity contribution in [2.24, 2.45) is 5.84 Å². The summed E-state index contributed by atoms with van der Waals surface area (Å²) in [7, 11) is 0. The van der Waals surface area contributed by atoms with E-state index in [1.807, 2.05) is 12.3 Å². The summed E-state index contributed by atoms with van der Waals surface area (Å²) in [5, 5.41) is 2.30. The zero-order valence-corrected chi connectivity index (χ0v) is 11.0. The number of hydrogen-bond acceptors (Lipinski definition) is 6. The maximum Gasteiger partial charge on any atom is 0.301 e.